The Labute approximate surface area is 95.0 Å². The first-order valence-electron chi connectivity index (χ1n) is 5.61. The number of hydrogen-bond acceptors (Lipinski definition) is 2. The van der Waals surface area contributed by atoms with Gasteiger partial charge in [0.25, 0.3) is 0 Å². The van der Waals surface area contributed by atoms with Crippen molar-refractivity contribution in [2.24, 2.45) is 11.8 Å². The van der Waals surface area contributed by atoms with E-state index < -0.39 is 5.97 Å². The molecule has 1 aliphatic rings. The fourth-order valence-corrected chi connectivity index (χ4v) is 2.11. The zero-order valence-electron chi connectivity index (χ0n) is 9.35. The molecule has 1 aliphatic carbocycles. The summed E-state index contributed by atoms with van der Waals surface area (Å²) in [5, 5.41) is 8.73. The molecule has 16 heavy (non-hydrogen) atoms. The highest BCUT2D eigenvalue weighted by Crippen LogP contribution is 2.33. The van der Waals surface area contributed by atoms with Crippen LogP contribution in [0.15, 0.2) is 24.3 Å². The highest BCUT2D eigenvalue weighted by molar-refractivity contribution is 5.87. The number of rotatable bonds is 4. The molecule has 3 nitrogen and oxygen atoms in total. The molecule has 0 aliphatic heterocycles. The zero-order chi connectivity index (χ0) is 11.5. The number of aromatic carboxylic acids is 1. The molecule has 1 fully saturated rings. The van der Waals surface area contributed by atoms with E-state index in [4.69, 9.17) is 9.84 Å². The minimum atomic E-state index is -0.903. The Hall–Kier alpha value is -1.51. The predicted octanol–water partition coefficient (Wildman–Crippen LogP) is 2.81. The number of hydrogen-bond donors (Lipinski definition) is 1. The quantitative estimate of drug-likeness (QED) is 0.848. The Balaban J connectivity index is 1.83. The van der Waals surface area contributed by atoms with Gasteiger partial charge in [-0.1, -0.05) is 6.92 Å². The van der Waals surface area contributed by atoms with Crippen molar-refractivity contribution in [2.45, 2.75) is 19.8 Å². The van der Waals surface area contributed by atoms with Crippen molar-refractivity contribution < 1.29 is 14.6 Å². The van der Waals surface area contributed by atoms with Gasteiger partial charge in [-0.2, -0.15) is 0 Å². The average Bonchev–Trinajstić information content (AvgIpc) is 2.23. The Morgan fingerprint density at radius 2 is 2.00 bits per heavy atom. The minimum Gasteiger partial charge on any atom is -0.493 e. The van der Waals surface area contributed by atoms with Gasteiger partial charge in [0.1, 0.15) is 5.75 Å². The molecular formula is C13H16O3. The summed E-state index contributed by atoms with van der Waals surface area (Å²) in [6.45, 7) is 2.99. The lowest BCUT2D eigenvalue weighted by atomic mass is 9.77. The molecule has 0 amide bonds. The van der Waals surface area contributed by atoms with Crippen molar-refractivity contribution in [3.05, 3.63) is 29.8 Å². The second kappa shape index (κ2) is 4.56. The van der Waals surface area contributed by atoms with Gasteiger partial charge in [-0.3, -0.25) is 0 Å². The first kappa shape index (κ1) is 11.0. The van der Waals surface area contributed by atoms with E-state index in [0.29, 0.717) is 11.5 Å². The van der Waals surface area contributed by atoms with Gasteiger partial charge in [-0.05, 0) is 48.9 Å². The van der Waals surface area contributed by atoms with E-state index in [-0.39, 0.29) is 0 Å². The van der Waals surface area contributed by atoms with Crippen molar-refractivity contribution in [1.82, 2.24) is 0 Å². The van der Waals surface area contributed by atoms with Gasteiger partial charge in [-0.15, -0.1) is 0 Å². The van der Waals surface area contributed by atoms with E-state index >= 15 is 0 Å². The molecule has 1 saturated carbocycles. The molecule has 0 saturated heterocycles. The van der Waals surface area contributed by atoms with Crippen molar-refractivity contribution in [3.8, 4) is 5.75 Å². The normalized spacial score (nSPS) is 23.6. The number of carboxylic acids is 1. The van der Waals surface area contributed by atoms with Crippen molar-refractivity contribution in [1.29, 1.82) is 0 Å². The molecule has 0 radical (unpaired) electrons. The molecular weight excluding hydrogens is 204 g/mol. The number of ether oxygens (including phenoxy) is 1. The molecule has 2 rings (SSSR count). The molecule has 0 atom stereocenters. The van der Waals surface area contributed by atoms with Crippen molar-refractivity contribution >= 4 is 5.97 Å². The van der Waals surface area contributed by atoms with Crippen LogP contribution in [0, 0.1) is 11.8 Å². The monoisotopic (exact) mass is 220 g/mol. The predicted molar refractivity (Wildman–Crippen MR) is 60.8 cm³/mol. The Kier molecular flexibility index (Phi) is 3.13. The van der Waals surface area contributed by atoms with E-state index in [1.54, 1.807) is 24.3 Å². The molecule has 3 heteroatoms. The second-order valence-electron chi connectivity index (χ2n) is 4.58. The largest absolute Gasteiger partial charge is 0.493 e. The zero-order valence-corrected chi connectivity index (χ0v) is 9.35. The van der Waals surface area contributed by atoms with Crippen LogP contribution in [0.4, 0.5) is 0 Å². The van der Waals surface area contributed by atoms with E-state index in [2.05, 4.69) is 6.92 Å². The fourth-order valence-electron chi connectivity index (χ4n) is 2.11. The maximum atomic E-state index is 10.6. The van der Waals surface area contributed by atoms with Gasteiger partial charge in [0, 0.05) is 0 Å². The third-order valence-corrected chi connectivity index (χ3v) is 3.06. The molecule has 1 aromatic carbocycles. The van der Waals surface area contributed by atoms with Crippen LogP contribution in [0.2, 0.25) is 0 Å². The summed E-state index contributed by atoms with van der Waals surface area (Å²) in [7, 11) is 0. The van der Waals surface area contributed by atoms with Crippen LogP contribution in [-0.2, 0) is 0 Å². The van der Waals surface area contributed by atoms with Gasteiger partial charge in [-0.25, -0.2) is 4.79 Å². The van der Waals surface area contributed by atoms with Crippen molar-refractivity contribution in [2.75, 3.05) is 6.61 Å². The van der Waals surface area contributed by atoms with Gasteiger partial charge in [0.05, 0.1) is 12.2 Å². The van der Waals surface area contributed by atoms with Crippen LogP contribution in [0.1, 0.15) is 30.1 Å². The summed E-state index contributed by atoms with van der Waals surface area (Å²) in [5.41, 5.74) is 0.296. The summed E-state index contributed by atoms with van der Waals surface area (Å²) < 4.78 is 5.60. The first-order chi connectivity index (χ1) is 7.65. The number of carbonyl (C=O) groups is 1. The standard InChI is InChI=1S/C13H16O3/c1-9-6-10(7-9)8-16-12-4-2-11(3-5-12)13(14)15/h2-5,9-10H,6-8H2,1H3,(H,14,15). The summed E-state index contributed by atoms with van der Waals surface area (Å²) in [5.74, 6) is 1.36. The van der Waals surface area contributed by atoms with Crippen molar-refractivity contribution in [3.63, 3.8) is 0 Å². The lowest BCUT2D eigenvalue weighted by Gasteiger charge is -2.32. The first-order valence-corrected chi connectivity index (χ1v) is 5.61. The maximum Gasteiger partial charge on any atom is 0.335 e. The lowest BCUT2D eigenvalue weighted by molar-refractivity contribution is 0.0696. The SMILES string of the molecule is CC1CC(COc2ccc(C(=O)O)cc2)C1. The van der Waals surface area contributed by atoms with Gasteiger partial charge >= 0.3 is 5.97 Å². The molecule has 0 bridgehead atoms. The van der Waals surface area contributed by atoms with Crippen LogP contribution in [0.5, 0.6) is 5.75 Å². The molecule has 0 spiro atoms. The van der Waals surface area contributed by atoms with Gasteiger partial charge in [0.2, 0.25) is 0 Å². The number of benzene rings is 1. The molecule has 0 unspecified atom stereocenters. The topological polar surface area (TPSA) is 46.5 Å². The van der Waals surface area contributed by atoms with Crippen LogP contribution in [0.3, 0.4) is 0 Å². The third kappa shape index (κ3) is 2.54. The fraction of sp³-hybridized carbons (Fsp3) is 0.462. The highest BCUT2D eigenvalue weighted by Gasteiger charge is 2.25. The van der Waals surface area contributed by atoms with Gasteiger partial charge in [0.15, 0.2) is 0 Å². The lowest BCUT2D eigenvalue weighted by Crippen LogP contribution is -2.26. The highest BCUT2D eigenvalue weighted by atomic mass is 16.5. The smallest absolute Gasteiger partial charge is 0.335 e. The third-order valence-electron chi connectivity index (χ3n) is 3.06. The Morgan fingerprint density at radius 1 is 1.38 bits per heavy atom. The van der Waals surface area contributed by atoms with Crippen LogP contribution in [0.25, 0.3) is 0 Å². The maximum absolute atomic E-state index is 10.6. The second-order valence-corrected chi connectivity index (χ2v) is 4.58. The Morgan fingerprint density at radius 3 is 2.50 bits per heavy atom. The molecule has 86 valence electrons. The van der Waals surface area contributed by atoms with E-state index in [0.717, 1.165) is 18.3 Å². The van der Waals surface area contributed by atoms with Crippen LogP contribution >= 0.6 is 0 Å². The number of carboxylic acid groups (broad SMARTS) is 1. The average molecular weight is 220 g/mol. The summed E-state index contributed by atoms with van der Waals surface area (Å²) in [4.78, 5) is 10.6. The molecule has 1 aromatic rings. The molecule has 0 heterocycles. The Bertz CT molecular complexity index is 363. The minimum absolute atomic E-state index is 0.296. The van der Waals surface area contributed by atoms with E-state index in [1.165, 1.54) is 12.8 Å². The summed E-state index contributed by atoms with van der Waals surface area (Å²) in [6.07, 6.45) is 2.49. The van der Waals surface area contributed by atoms with Crippen LogP contribution < -0.4 is 4.74 Å². The summed E-state index contributed by atoms with van der Waals surface area (Å²) in [6, 6.07) is 6.57. The van der Waals surface area contributed by atoms with E-state index in [9.17, 15) is 4.79 Å². The summed E-state index contributed by atoms with van der Waals surface area (Å²) >= 11 is 0. The molecule has 1 N–H and O–H groups in total. The molecule has 0 aromatic heterocycles. The van der Waals surface area contributed by atoms with E-state index in [1.807, 2.05) is 0 Å². The van der Waals surface area contributed by atoms with Gasteiger partial charge < -0.3 is 9.84 Å². The van der Waals surface area contributed by atoms with Crippen LogP contribution in [-0.4, -0.2) is 17.7 Å².